The molecular weight excluding hydrogens is 364 g/mol. The normalized spacial score (nSPS) is 17.0. The molecule has 2 aromatic rings. The Morgan fingerprint density at radius 1 is 1.32 bits per heavy atom. The molecule has 1 aliphatic heterocycles. The second-order valence-corrected chi connectivity index (χ2v) is 6.92. The van der Waals surface area contributed by atoms with Gasteiger partial charge < -0.3 is 19.5 Å². The van der Waals surface area contributed by atoms with E-state index in [1.807, 2.05) is 38.1 Å². The Bertz CT molecular complexity index is 847. The van der Waals surface area contributed by atoms with Crippen molar-refractivity contribution in [2.75, 3.05) is 19.8 Å². The number of carboxylic acids is 1. The monoisotopic (exact) mass is 388 g/mol. The molecule has 0 radical (unpaired) electrons. The molecule has 1 N–H and O–H groups in total. The van der Waals surface area contributed by atoms with Gasteiger partial charge in [-0.3, -0.25) is 9.59 Å². The van der Waals surface area contributed by atoms with Crippen LogP contribution >= 0.6 is 0 Å². The third-order valence-corrected chi connectivity index (χ3v) is 4.45. The van der Waals surface area contributed by atoms with Crippen molar-refractivity contribution in [1.29, 1.82) is 0 Å². The van der Waals surface area contributed by atoms with Crippen LogP contribution in [0.15, 0.2) is 24.3 Å². The van der Waals surface area contributed by atoms with Crippen molar-refractivity contribution in [3.8, 4) is 11.4 Å². The molecule has 150 valence electrons. The van der Waals surface area contributed by atoms with Gasteiger partial charge in [-0.1, -0.05) is 5.21 Å². The van der Waals surface area contributed by atoms with E-state index in [0.29, 0.717) is 18.8 Å². The highest BCUT2D eigenvalue weighted by Crippen LogP contribution is 2.20. The van der Waals surface area contributed by atoms with Crippen LogP contribution in [0.3, 0.4) is 0 Å². The summed E-state index contributed by atoms with van der Waals surface area (Å²) in [5, 5.41) is 17.2. The van der Waals surface area contributed by atoms with Crippen LogP contribution in [-0.4, -0.2) is 68.8 Å². The number of carboxylic acid groups (broad SMARTS) is 1. The van der Waals surface area contributed by atoms with Crippen molar-refractivity contribution in [2.24, 2.45) is 0 Å². The summed E-state index contributed by atoms with van der Waals surface area (Å²) >= 11 is 0. The first kappa shape index (κ1) is 19.8. The van der Waals surface area contributed by atoms with Crippen LogP contribution in [0.5, 0.6) is 5.75 Å². The lowest BCUT2D eigenvalue weighted by Crippen LogP contribution is -2.49. The fourth-order valence-corrected chi connectivity index (χ4v) is 3.14. The third kappa shape index (κ3) is 4.30. The average Bonchev–Trinajstić information content (AvgIpc) is 3.03. The standard InChI is InChI=1S/C19H24N4O5/c1-12(2)28-16-6-4-14(5-7-16)23-13(3)18(20-21-23)19(26)22-8-9-27-11-15(22)10-17(24)25/h4-7,12,15H,8-11H2,1-3H3,(H,24,25). The lowest BCUT2D eigenvalue weighted by molar-refractivity contribution is -0.139. The first-order chi connectivity index (χ1) is 13.4. The summed E-state index contributed by atoms with van der Waals surface area (Å²) in [6.45, 7) is 6.56. The SMILES string of the molecule is Cc1c(C(=O)N2CCOCC2CC(=O)O)nnn1-c1ccc(OC(C)C)cc1. The maximum absolute atomic E-state index is 13.0. The highest BCUT2D eigenvalue weighted by atomic mass is 16.5. The summed E-state index contributed by atoms with van der Waals surface area (Å²) in [6.07, 6.45) is -0.0913. The number of aromatic nitrogens is 3. The van der Waals surface area contributed by atoms with E-state index in [2.05, 4.69) is 10.3 Å². The van der Waals surface area contributed by atoms with E-state index in [1.165, 1.54) is 4.90 Å². The lowest BCUT2D eigenvalue weighted by Gasteiger charge is -2.34. The largest absolute Gasteiger partial charge is 0.491 e. The van der Waals surface area contributed by atoms with E-state index >= 15 is 0 Å². The number of carbonyl (C=O) groups excluding carboxylic acids is 1. The van der Waals surface area contributed by atoms with E-state index in [1.54, 1.807) is 11.6 Å². The Morgan fingerprint density at radius 2 is 2.04 bits per heavy atom. The fourth-order valence-electron chi connectivity index (χ4n) is 3.14. The Morgan fingerprint density at radius 3 is 2.68 bits per heavy atom. The van der Waals surface area contributed by atoms with E-state index in [-0.39, 0.29) is 30.7 Å². The molecule has 1 aromatic heterocycles. The van der Waals surface area contributed by atoms with Gasteiger partial charge in [0.25, 0.3) is 5.91 Å². The molecule has 1 unspecified atom stereocenters. The van der Waals surface area contributed by atoms with Gasteiger partial charge in [0.2, 0.25) is 0 Å². The summed E-state index contributed by atoms with van der Waals surface area (Å²) in [7, 11) is 0. The van der Waals surface area contributed by atoms with Gasteiger partial charge in [0.05, 0.1) is 43.2 Å². The summed E-state index contributed by atoms with van der Waals surface area (Å²) in [5.41, 5.74) is 1.55. The number of ether oxygens (including phenoxy) is 2. The maximum Gasteiger partial charge on any atom is 0.305 e. The molecule has 1 aromatic carbocycles. The molecule has 1 fully saturated rings. The Kier molecular flexibility index (Phi) is 5.93. The van der Waals surface area contributed by atoms with Gasteiger partial charge in [0, 0.05) is 6.54 Å². The first-order valence-corrected chi connectivity index (χ1v) is 9.16. The van der Waals surface area contributed by atoms with Crippen molar-refractivity contribution >= 4 is 11.9 Å². The molecule has 0 aliphatic carbocycles. The molecule has 0 bridgehead atoms. The van der Waals surface area contributed by atoms with Crippen LogP contribution in [0, 0.1) is 6.92 Å². The van der Waals surface area contributed by atoms with Crippen LogP contribution in [0.1, 0.15) is 36.5 Å². The summed E-state index contributed by atoms with van der Waals surface area (Å²) < 4.78 is 12.6. The predicted octanol–water partition coefficient (Wildman–Crippen LogP) is 1.68. The summed E-state index contributed by atoms with van der Waals surface area (Å²) in [4.78, 5) is 25.6. The molecule has 9 nitrogen and oxygen atoms in total. The second-order valence-electron chi connectivity index (χ2n) is 6.92. The highest BCUT2D eigenvalue weighted by Gasteiger charge is 2.32. The van der Waals surface area contributed by atoms with E-state index in [4.69, 9.17) is 14.6 Å². The fraction of sp³-hybridized carbons (Fsp3) is 0.474. The van der Waals surface area contributed by atoms with Crippen molar-refractivity contribution in [3.63, 3.8) is 0 Å². The van der Waals surface area contributed by atoms with Crippen molar-refractivity contribution < 1.29 is 24.2 Å². The van der Waals surface area contributed by atoms with Crippen LogP contribution in [0.2, 0.25) is 0 Å². The van der Waals surface area contributed by atoms with Crippen molar-refractivity contribution in [3.05, 3.63) is 35.7 Å². The minimum absolute atomic E-state index is 0.0791. The molecule has 2 heterocycles. The van der Waals surface area contributed by atoms with Crippen LogP contribution in [-0.2, 0) is 9.53 Å². The number of benzene rings is 1. The van der Waals surface area contributed by atoms with Gasteiger partial charge in [0.15, 0.2) is 5.69 Å². The Balaban J connectivity index is 1.81. The quantitative estimate of drug-likeness (QED) is 0.802. The number of morpholine rings is 1. The zero-order valence-corrected chi connectivity index (χ0v) is 16.2. The van der Waals surface area contributed by atoms with Crippen LogP contribution < -0.4 is 4.74 Å². The lowest BCUT2D eigenvalue weighted by atomic mass is 10.1. The molecule has 3 rings (SSSR count). The van der Waals surface area contributed by atoms with Gasteiger partial charge in [-0.15, -0.1) is 5.10 Å². The Hall–Kier alpha value is -2.94. The maximum atomic E-state index is 13.0. The van der Waals surface area contributed by atoms with E-state index in [9.17, 15) is 9.59 Å². The number of aliphatic carboxylic acids is 1. The molecule has 28 heavy (non-hydrogen) atoms. The van der Waals surface area contributed by atoms with Crippen LogP contribution in [0.4, 0.5) is 0 Å². The molecule has 1 aliphatic rings. The number of amides is 1. The second kappa shape index (κ2) is 8.39. The number of nitrogens with zero attached hydrogens (tertiary/aromatic N) is 4. The van der Waals surface area contributed by atoms with Gasteiger partial charge in [-0.05, 0) is 45.0 Å². The molecule has 0 spiro atoms. The minimum atomic E-state index is -0.975. The van der Waals surface area contributed by atoms with Crippen molar-refractivity contribution in [1.82, 2.24) is 19.9 Å². The smallest absolute Gasteiger partial charge is 0.305 e. The number of rotatable bonds is 6. The molecule has 0 saturated carbocycles. The van der Waals surface area contributed by atoms with Gasteiger partial charge in [-0.25, -0.2) is 4.68 Å². The van der Waals surface area contributed by atoms with E-state index < -0.39 is 12.0 Å². The van der Waals surface area contributed by atoms with Gasteiger partial charge in [0.1, 0.15) is 5.75 Å². The third-order valence-electron chi connectivity index (χ3n) is 4.45. The summed E-state index contributed by atoms with van der Waals surface area (Å²) in [5.74, 6) is -0.562. The molecule has 1 atom stereocenters. The van der Waals surface area contributed by atoms with Gasteiger partial charge >= 0.3 is 5.97 Å². The molecule has 9 heteroatoms. The number of hydrogen-bond donors (Lipinski definition) is 1. The number of carbonyl (C=O) groups is 2. The molecular formula is C19H24N4O5. The predicted molar refractivity (Wildman–Crippen MR) is 99.8 cm³/mol. The van der Waals surface area contributed by atoms with Crippen LogP contribution in [0.25, 0.3) is 5.69 Å². The van der Waals surface area contributed by atoms with E-state index in [0.717, 1.165) is 11.4 Å². The minimum Gasteiger partial charge on any atom is -0.491 e. The highest BCUT2D eigenvalue weighted by molar-refractivity contribution is 5.94. The molecule has 1 amide bonds. The molecule has 1 saturated heterocycles. The topological polar surface area (TPSA) is 107 Å². The zero-order valence-electron chi connectivity index (χ0n) is 16.2. The Labute approximate surface area is 162 Å². The average molecular weight is 388 g/mol. The van der Waals surface area contributed by atoms with Gasteiger partial charge in [-0.2, -0.15) is 0 Å². The number of hydrogen-bond acceptors (Lipinski definition) is 6. The summed E-state index contributed by atoms with van der Waals surface area (Å²) in [6, 6.07) is 6.84. The first-order valence-electron chi connectivity index (χ1n) is 9.16. The van der Waals surface area contributed by atoms with Crippen molar-refractivity contribution in [2.45, 2.75) is 39.3 Å². The zero-order chi connectivity index (χ0) is 20.3.